The lowest BCUT2D eigenvalue weighted by molar-refractivity contribution is -0.274. The SMILES string of the molecule is O=C(Cc1ccc(OC(F)(F)F)cc1)N1C[C@H]2C[C@H]1CO2. The highest BCUT2D eigenvalue weighted by Crippen LogP contribution is 2.28. The van der Waals surface area contributed by atoms with Crippen molar-refractivity contribution in [3.05, 3.63) is 29.8 Å². The summed E-state index contributed by atoms with van der Waals surface area (Å²) in [5, 5.41) is 0. The molecule has 0 spiro atoms. The summed E-state index contributed by atoms with van der Waals surface area (Å²) in [7, 11) is 0. The van der Waals surface area contributed by atoms with E-state index in [0.717, 1.165) is 6.42 Å². The average Bonchev–Trinajstić information content (AvgIpc) is 3.01. The largest absolute Gasteiger partial charge is 0.573 e. The monoisotopic (exact) mass is 301 g/mol. The Morgan fingerprint density at radius 2 is 2.05 bits per heavy atom. The van der Waals surface area contributed by atoms with E-state index in [0.29, 0.717) is 18.7 Å². The summed E-state index contributed by atoms with van der Waals surface area (Å²) >= 11 is 0. The Kier molecular flexibility index (Phi) is 3.52. The number of benzene rings is 1. The zero-order valence-electron chi connectivity index (χ0n) is 11.1. The summed E-state index contributed by atoms with van der Waals surface area (Å²) in [6, 6.07) is 5.54. The van der Waals surface area contributed by atoms with Crippen LogP contribution in [0.25, 0.3) is 0 Å². The Balaban J connectivity index is 1.59. The number of rotatable bonds is 3. The van der Waals surface area contributed by atoms with Crippen LogP contribution in [0.4, 0.5) is 13.2 Å². The van der Waals surface area contributed by atoms with E-state index in [1.165, 1.54) is 24.3 Å². The van der Waals surface area contributed by atoms with E-state index in [9.17, 15) is 18.0 Å². The minimum atomic E-state index is -4.70. The van der Waals surface area contributed by atoms with Crippen LogP contribution in [0.1, 0.15) is 12.0 Å². The Hall–Kier alpha value is -1.76. The smallest absolute Gasteiger partial charge is 0.406 e. The molecule has 1 aromatic rings. The number of carbonyl (C=O) groups excluding carboxylic acids is 1. The van der Waals surface area contributed by atoms with Gasteiger partial charge in [-0.3, -0.25) is 4.79 Å². The number of alkyl halides is 3. The molecule has 1 amide bonds. The van der Waals surface area contributed by atoms with Crippen LogP contribution in [0.15, 0.2) is 24.3 Å². The molecule has 0 saturated carbocycles. The third kappa shape index (κ3) is 3.29. The maximum atomic E-state index is 12.2. The van der Waals surface area contributed by atoms with Crippen molar-refractivity contribution in [3.8, 4) is 5.75 Å². The van der Waals surface area contributed by atoms with E-state index in [4.69, 9.17) is 4.74 Å². The number of morpholine rings is 1. The Labute approximate surface area is 119 Å². The molecule has 21 heavy (non-hydrogen) atoms. The zero-order valence-corrected chi connectivity index (χ0v) is 11.1. The molecule has 3 rings (SSSR count). The van der Waals surface area contributed by atoms with Crippen LogP contribution in [-0.2, 0) is 16.0 Å². The number of halogens is 3. The lowest BCUT2D eigenvalue weighted by atomic mass is 10.1. The molecule has 1 aromatic carbocycles. The van der Waals surface area contributed by atoms with Crippen LogP contribution in [0.2, 0.25) is 0 Å². The quantitative estimate of drug-likeness (QED) is 0.858. The summed E-state index contributed by atoms with van der Waals surface area (Å²) in [6.45, 7) is 1.19. The van der Waals surface area contributed by atoms with Gasteiger partial charge in [-0.2, -0.15) is 0 Å². The molecule has 2 heterocycles. The van der Waals surface area contributed by atoms with E-state index < -0.39 is 6.36 Å². The molecule has 2 saturated heterocycles. The number of likely N-dealkylation sites (tertiary alicyclic amines) is 1. The summed E-state index contributed by atoms with van der Waals surface area (Å²) in [6.07, 6.45) is -3.51. The lowest BCUT2D eigenvalue weighted by Gasteiger charge is -2.27. The van der Waals surface area contributed by atoms with E-state index in [2.05, 4.69) is 4.74 Å². The number of hydrogen-bond donors (Lipinski definition) is 0. The van der Waals surface area contributed by atoms with E-state index >= 15 is 0 Å². The van der Waals surface area contributed by atoms with Crippen LogP contribution in [0, 0.1) is 0 Å². The highest BCUT2D eigenvalue weighted by atomic mass is 19.4. The molecule has 114 valence electrons. The first-order valence-corrected chi connectivity index (χ1v) is 6.66. The van der Waals surface area contributed by atoms with Gasteiger partial charge in [0.2, 0.25) is 5.91 Å². The third-order valence-electron chi connectivity index (χ3n) is 3.73. The van der Waals surface area contributed by atoms with Gasteiger partial charge >= 0.3 is 6.36 Å². The van der Waals surface area contributed by atoms with Gasteiger partial charge in [-0.1, -0.05) is 12.1 Å². The molecular formula is C14H14F3NO3. The molecule has 2 atom stereocenters. The van der Waals surface area contributed by atoms with Crippen LogP contribution >= 0.6 is 0 Å². The summed E-state index contributed by atoms with van der Waals surface area (Å²) < 4.78 is 45.4. The normalized spacial score (nSPS) is 24.4. The highest BCUT2D eigenvalue weighted by molar-refractivity contribution is 5.79. The molecule has 2 aliphatic heterocycles. The van der Waals surface area contributed by atoms with Crippen molar-refractivity contribution in [1.29, 1.82) is 0 Å². The summed E-state index contributed by atoms with van der Waals surface area (Å²) in [5.41, 5.74) is 0.665. The number of carbonyl (C=O) groups is 1. The predicted molar refractivity (Wildman–Crippen MR) is 66.7 cm³/mol. The fourth-order valence-corrected chi connectivity index (χ4v) is 2.79. The lowest BCUT2D eigenvalue weighted by Crippen LogP contribution is -2.42. The molecule has 2 fully saturated rings. The molecular weight excluding hydrogens is 287 g/mol. The zero-order chi connectivity index (χ0) is 15.0. The molecule has 0 unspecified atom stereocenters. The molecule has 2 bridgehead atoms. The van der Waals surface area contributed by atoms with Crippen molar-refractivity contribution in [2.45, 2.75) is 31.3 Å². The van der Waals surface area contributed by atoms with Gasteiger partial charge in [-0.15, -0.1) is 13.2 Å². The van der Waals surface area contributed by atoms with Crippen molar-refractivity contribution in [2.24, 2.45) is 0 Å². The number of amides is 1. The first-order valence-electron chi connectivity index (χ1n) is 6.66. The predicted octanol–water partition coefficient (Wildman–Crippen LogP) is 2.13. The molecule has 0 aromatic heterocycles. The number of nitrogens with zero attached hydrogens (tertiary/aromatic N) is 1. The second-order valence-corrected chi connectivity index (χ2v) is 5.26. The van der Waals surface area contributed by atoms with E-state index in [1.54, 1.807) is 4.90 Å². The number of ether oxygens (including phenoxy) is 2. The summed E-state index contributed by atoms with van der Waals surface area (Å²) in [4.78, 5) is 14.0. The summed E-state index contributed by atoms with van der Waals surface area (Å²) in [5.74, 6) is -0.303. The van der Waals surface area contributed by atoms with Crippen LogP contribution in [0.3, 0.4) is 0 Å². The van der Waals surface area contributed by atoms with Gasteiger partial charge in [0.25, 0.3) is 0 Å². The molecule has 7 heteroatoms. The fourth-order valence-electron chi connectivity index (χ4n) is 2.79. The first kappa shape index (κ1) is 14.2. The van der Waals surface area contributed by atoms with Gasteiger partial charge in [0.1, 0.15) is 5.75 Å². The topological polar surface area (TPSA) is 38.8 Å². The van der Waals surface area contributed by atoms with Crippen LogP contribution in [-0.4, -0.2) is 42.5 Å². The Morgan fingerprint density at radius 3 is 2.57 bits per heavy atom. The van der Waals surface area contributed by atoms with Crippen molar-refractivity contribution in [3.63, 3.8) is 0 Å². The van der Waals surface area contributed by atoms with Gasteiger partial charge in [0.15, 0.2) is 0 Å². The Bertz CT molecular complexity index is 529. The second kappa shape index (κ2) is 5.22. The van der Waals surface area contributed by atoms with Crippen molar-refractivity contribution >= 4 is 5.91 Å². The maximum Gasteiger partial charge on any atom is 0.573 e. The minimum Gasteiger partial charge on any atom is -0.406 e. The third-order valence-corrected chi connectivity index (χ3v) is 3.73. The van der Waals surface area contributed by atoms with Crippen LogP contribution < -0.4 is 4.74 Å². The second-order valence-electron chi connectivity index (χ2n) is 5.26. The highest BCUT2D eigenvalue weighted by Gasteiger charge is 2.41. The molecule has 0 N–H and O–H groups in total. The first-order chi connectivity index (χ1) is 9.90. The van der Waals surface area contributed by atoms with Gasteiger partial charge in [0, 0.05) is 6.54 Å². The standard InChI is InChI=1S/C14H14F3NO3/c15-14(16,17)21-11-3-1-9(2-4-11)5-13(19)18-7-12-6-10(18)8-20-12/h1-4,10,12H,5-8H2/t10-,12+/m0/s1. The minimum absolute atomic E-state index is 0.0183. The maximum absolute atomic E-state index is 12.2. The number of fused-ring (bicyclic) bond motifs is 2. The van der Waals surface area contributed by atoms with Gasteiger partial charge in [0.05, 0.1) is 25.2 Å². The Morgan fingerprint density at radius 1 is 1.33 bits per heavy atom. The average molecular weight is 301 g/mol. The van der Waals surface area contributed by atoms with Crippen molar-refractivity contribution < 1.29 is 27.4 Å². The fraction of sp³-hybridized carbons (Fsp3) is 0.500. The van der Waals surface area contributed by atoms with E-state index in [1.807, 2.05) is 0 Å². The van der Waals surface area contributed by atoms with Crippen molar-refractivity contribution in [2.75, 3.05) is 13.2 Å². The molecule has 2 aliphatic rings. The molecule has 0 radical (unpaired) electrons. The van der Waals surface area contributed by atoms with E-state index in [-0.39, 0.29) is 30.2 Å². The van der Waals surface area contributed by atoms with Gasteiger partial charge in [-0.25, -0.2) is 0 Å². The molecule has 4 nitrogen and oxygen atoms in total. The van der Waals surface area contributed by atoms with Gasteiger partial charge < -0.3 is 14.4 Å². The van der Waals surface area contributed by atoms with Crippen molar-refractivity contribution in [1.82, 2.24) is 4.90 Å². The number of hydrogen-bond acceptors (Lipinski definition) is 3. The van der Waals surface area contributed by atoms with Crippen LogP contribution in [0.5, 0.6) is 5.75 Å². The molecule has 0 aliphatic carbocycles. The van der Waals surface area contributed by atoms with Gasteiger partial charge in [-0.05, 0) is 24.1 Å².